The van der Waals surface area contributed by atoms with Gasteiger partial charge in [-0.3, -0.25) is 4.79 Å². The summed E-state index contributed by atoms with van der Waals surface area (Å²) in [5, 5.41) is 17.6. The number of aliphatic hydroxyl groups excluding tert-OH is 1. The van der Waals surface area contributed by atoms with Crippen LogP contribution in [0.3, 0.4) is 0 Å². The number of benzene rings is 2. The maximum Gasteiger partial charge on any atom is 0.319 e. The number of halogens is 1. The van der Waals surface area contributed by atoms with Crippen LogP contribution in [-0.4, -0.2) is 23.6 Å². The molecule has 2 aromatic rings. The van der Waals surface area contributed by atoms with Crippen LogP contribution in [0.4, 0.5) is 20.6 Å². The summed E-state index contributed by atoms with van der Waals surface area (Å²) in [4.78, 5) is 22.7. The Morgan fingerprint density at radius 3 is 2.21 bits per heavy atom. The third-order valence-electron chi connectivity index (χ3n) is 3.18. The predicted octanol–water partition coefficient (Wildman–Crippen LogP) is 2.64. The van der Waals surface area contributed by atoms with E-state index in [1.54, 1.807) is 30.3 Å². The van der Waals surface area contributed by atoms with Crippen molar-refractivity contribution in [1.29, 1.82) is 0 Å². The van der Waals surface area contributed by atoms with E-state index < -0.39 is 18.0 Å². The Hall–Kier alpha value is -2.93. The molecule has 0 unspecified atom stereocenters. The minimum absolute atomic E-state index is 0.123. The van der Waals surface area contributed by atoms with E-state index in [4.69, 9.17) is 0 Å². The Bertz CT molecular complexity index is 719. The molecule has 1 atom stereocenters. The van der Waals surface area contributed by atoms with E-state index in [9.17, 15) is 19.1 Å². The van der Waals surface area contributed by atoms with Gasteiger partial charge in [-0.15, -0.1) is 0 Å². The SMILES string of the molecule is CC(=O)Nc1ccc(NC(=O)NC[C@@H](O)c2ccccc2F)cc1. The van der Waals surface area contributed by atoms with Crippen molar-refractivity contribution in [3.8, 4) is 0 Å². The third-order valence-corrected chi connectivity index (χ3v) is 3.18. The first kappa shape index (κ1) is 17.4. The molecule has 3 amide bonds. The Morgan fingerprint density at radius 1 is 1.04 bits per heavy atom. The zero-order valence-electron chi connectivity index (χ0n) is 13.0. The van der Waals surface area contributed by atoms with Crippen LogP contribution in [0.1, 0.15) is 18.6 Å². The number of carbonyl (C=O) groups is 2. The largest absolute Gasteiger partial charge is 0.386 e. The van der Waals surface area contributed by atoms with E-state index in [-0.39, 0.29) is 18.0 Å². The molecule has 2 rings (SSSR count). The Labute approximate surface area is 138 Å². The molecule has 0 fully saturated rings. The van der Waals surface area contributed by atoms with Crippen LogP contribution in [0, 0.1) is 5.82 Å². The highest BCUT2D eigenvalue weighted by molar-refractivity contribution is 5.91. The highest BCUT2D eigenvalue weighted by atomic mass is 19.1. The minimum Gasteiger partial charge on any atom is -0.386 e. The number of amides is 3. The first-order valence-electron chi connectivity index (χ1n) is 7.30. The van der Waals surface area contributed by atoms with Crippen molar-refractivity contribution in [3.05, 3.63) is 59.9 Å². The Kier molecular flexibility index (Phi) is 5.86. The summed E-state index contributed by atoms with van der Waals surface area (Å²) in [5.41, 5.74) is 1.25. The van der Waals surface area contributed by atoms with Crippen LogP contribution in [0.15, 0.2) is 48.5 Å². The molecule has 0 spiro atoms. The summed E-state index contributed by atoms with van der Waals surface area (Å²) in [6, 6.07) is 11.8. The molecule has 0 aliphatic rings. The highest BCUT2D eigenvalue weighted by Gasteiger charge is 2.13. The van der Waals surface area contributed by atoms with Gasteiger partial charge in [0.05, 0.1) is 6.10 Å². The lowest BCUT2D eigenvalue weighted by Gasteiger charge is -2.13. The van der Waals surface area contributed by atoms with Crippen molar-refractivity contribution in [1.82, 2.24) is 5.32 Å². The number of hydrogen-bond acceptors (Lipinski definition) is 3. The van der Waals surface area contributed by atoms with Crippen LogP contribution >= 0.6 is 0 Å². The normalized spacial score (nSPS) is 11.5. The van der Waals surface area contributed by atoms with E-state index in [0.29, 0.717) is 11.4 Å². The first-order chi connectivity index (χ1) is 11.5. The lowest BCUT2D eigenvalue weighted by molar-refractivity contribution is -0.114. The van der Waals surface area contributed by atoms with Gasteiger partial charge >= 0.3 is 6.03 Å². The predicted molar refractivity (Wildman–Crippen MR) is 89.1 cm³/mol. The molecule has 0 heterocycles. The standard InChI is InChI=1S/C17H18FN3O3/c1-11(22)20-12-6-8-13(9-7-12)21-17(24)19-10-16(23)14-4-2-3-5-15(14)18/h2-9,16,23H,10H2,1H3,(H,20,22)(H2,19,21,24)/t16-/m1/s1. The summed E-state index contributed by atoms with van der Waals surface area (Å²) in [6.07, 6.45) is -1.14. The van der Waals surface area contributed by atoms with Gasteiger partial charge in [0.2, 0.25) is 5.91 Å². The maximum atomic E-state index is 13.5. The van der Waals surface area contributed by atoms with Crippen molar-refractivity contribution < 1.29 is 19.1 Å². The second kappa shape index (κ2) is 8.07. The van der Waals surface area contributed by atoms with Crippen LogP contribution in [0.25, 0.3) is 0 Å². The third kappa shape index (κ3) is 5.06. The van der Waals surface area contributed by atoms with E-state index in [2.05, 4.69) is 16.0 Å². The average molecular weight is 331 g/mol. The number of rotatable bonds is 5. The highest BCUT2D eigenvalue weighted by Crippen LogP contribution is 2.16. The number of aliphatic hydroxyl groups is 1. The molecule has 4 N–H and O–H groups in total. The Balaban J connectivity index is 1.85. The van der Waals surface area contributed by atoms with Gasteiger partial charge in [0.15, 0.2) is 0 Å². The van der Waals surface area contributed by atoms with Crippen molar-refractivity contribution in [2.45, 2.75) is 13.0 Å². The van der Waals surface area contributed by atoms with Crippen LogP contribution < -0.4 is 16.0 Å². The van der Waals surface area contributed by atoms with Crippen molar-refractivity contribution in [3.63, 3.8) is 0 Å². The molecular weight excluding hydrogens is 313 g/mol. The molecule has 0 saturated carbocycles. The monoisotopic (exact) mass is 331 g/mol. The molecule has 0 aromatic heterocycles. The van der Waals surface area contributed by atoms with Crippen LogP contribution in [0.5, 0.6) is 0 Å². The lowest BCUT2D eigenvalue weighted by Crippen LogP contribution is -2.32. The summed E-state index contributed by atoms with van der Waals surface area (Å²) >= 11 is 0. The molecule has 126 valence electrons. The maximum absolute atomic E-state index is 13.5. The van der Waals surface area contributed by atoms with Crippen molar-refractivity contribution in [2.24, 2.45) is 0 Å². The molecule has 7 heteroatoms. The van der Waals surface area contributed by atoms with Gasteiger partial charge < -0.3 is 21.1 Å². The summed E-state index contributed by atoms with van der Waals surface area (Å²) in [6.45, 7) is 1.28. The van der Waals surface area contributed by atoms with Gasteiger partial charge in [0, 0.05) is 30.4 Å². The topological polar surface area (TPSA) is 90.5 Å². The van der Waals surface area contributed by atoms with Gasteiger partial charge in [0.1, 0.15) is 5.82 Å². The van der Waals surface area contributed by atoms with Gasteiger partial charge in [-0.25, -0.2) is 9.18 Å². The van der Waals surface area contributed by atoms with Crippen molar-refractivity contribution in [2.75, 3.05) is 17.2 Å². The number of anilines is 2. The second-order valence-electron chi connectivity index (χ2n) is 5.13. The summed E-state index contributed by atoms with van der Waals surface area (Å²) in [5.74, 6) is -0.712. The zero-order chi connectivity index (χ0) is 17.5. The molecular formula is C17H18FN3O3. The van der Waals surface area contributed by atoms with Crippen molar-refractivity contribution >= 4 is 23.3 Å². The lowest BCUT2D eigenvalue weighted by atomic mass is 10.1. The fourth-order valence-corrected chi connectivity index (χ4v) is 2.06. The molecule has 24 heavy (non-hydrogen) atoms. The van der Waals surface area contributed by atoms with E-state index >= 15 is 0 Å². The molecule has 2 aromatic carbocycles. The van der Waals surface area contributed by atoms with E-state index in [1.807, 2.05) is 0 Å². The quantitative estimate of drug-likeness (QED) is 0.679. The van der Waals surface area contributed by atoms with Crippen LogP contribution in [0.2, 0.25) is 0 Å². The summed E-state index contributed by atoms with van der Waals surface area (Å²) in [7, 11) is 0. The molecule has 0 radical (unpaired) electrons. The van der Waals surface area contributed by atoms with Crippen LogP contribution in [-0.2, 0) is 4.79 Å². The van der Waals surface area contributed by atoms with Gasteiger partial charge in [0.25, 0.3) is 0 Å². The molecule has 0 bridgehead atoms. The van der Waals surface area contributed by atoms with E-state index in [1.165, 1.54) is 25.1 Å². The zero-order valence-corrected chi connectivity index (χ0v) is 13.0. The smallest absolute Gasteiger partial charge is 0.319 e. The number of hydrogen-bond donors (Lipinski definition) is 4. The second-order valence-corrected chi connectivity index (χ2v) is 5.13. The first-order valence-corrected chi connectivity index (χ1v) is 7.30. The fraction of sp³-hybridized carbons (Fsp3) is 0.176. The van der Waals surface area contributed by atoms with E-state index in [0.717, 1.165) is 0 Å². The molecule has 0 aliphatic heterocycles. The average Bonchev–Trinajstić information content (AvgIpc) is 2.54. The number of nitrogens with one attached hydrogen (secondary N) is 3. The minimum atomic E-state index is -1.14. The number of carbonyl (C=O) groups excluding carboxylic acids is 2. The van der Waals surface area contributed by atoms with Gasteiger partial charge in [-0.05, 0) is 30.3 Å². The fourth-order valence-electron chi connectivity index (χ4n) is 2.06. The van der Waals surface area contributed by atoms with Gasteiger partial charge in [-0.2, -0.15) is 0 Å². The number of urea groups is 1. The Morgan fingerprint density at radius 2 is 1.62 bits per heavy atom. The van der Waals surface area contributed by atoms with Gasteiger partial charge in [-0.1, -0.05) is 18.2 Å². The summed E-state index contributed by atoms with van der Waals surface area (Å²) < 4.78 is 13.5. The molecule has 0 saturated heterocycles. The molecule has 0 aliphatic carbocycles. The molecule has 6 nitrogen and oxygen atoms in total.